The SMILES string of the molecule is O=C(c1ccc(S(=O)(=O)N2CCCC2)cc1)N1CCC[C@@H](c2nnc3n2CCCCC3)C1. The Morgan fingerprint density at radius 3 is 2.41 bits per heavy atom. The Kier molecular flexibility index (Phi) is 6.03. The fraction of sp³-hybridized carbons (Fsp3) is 0.609. The zero-order valence-electron chi connectivity index (χ0n) is 18.4. The lowest BCUT2D eigenvalue weighted by Gasteiger charge is -2.32. The zero-order valence-corrected chi connectivity index (χ0v) is 19.3. The number of fused-ring (bicyclic) bond motifs is 1. The van der Waals surface area contributed by atoms with Gasteiger partial charge >= 0.3 is 0 Å². The molecule has 1 atom stereocenters. The summed E-state index contributed by atoms with van der Waals surface area (Å²) in [6, 6.07) is 6.44. The normalized spacial score (nSPS) is 22.5. The Hall–Kier alpha value is -2.26. The molecule has 9 heteroatoms. The van der Waals surface area contributed by atoms with Crippen molar-refractivity contribution in [1.29, 1.82) is 0 Å². The summed E-state index contributed by atoms with van der Waals surface area (Å²) >= 11 is 0. The number of aromatic nitrogens is 3. The Morgan fingerprint density at radius 2 is 1.62 bits per heavy atom. The monoisotopic (exact) mass is 457 g/mol. The van der Waals surface area contributed by atoms with Gasteiger partial charge in [0, 0.05) is 50.6 Å². The molecule has 3 aliphatic rings. The zero-order chi connectivity index (χ0) is 22.1. The minimum atomic E-state index is -3.47. The van der Waals surface area contributed by atoms with Gasteiger partial charge < -0.3 is 9.47 Å². The summed E-state index contributed by atoms with van der Waals surface area (Å²) < 4.78 is 29.3. The van der Waals surface area contributed by atoms with E-state index in [0.717, 1.165) is 63.1 Å². The largest absolute Gasteiger partial charge is 0.338 e. The highest BCUT2D eigenvalue weighted by Gasteiger charge is 2.31. The van der Waals surface area contributed by atoms with Crippen LogP contribution in [0.15, 0.2) is 29.2 Å². The van der Waals surface area contributed by atoms with Gasteiger partial charge in [0.05, 0.1) is 4.90 Å². The molecule has 2 aromatic rings. The summed E-state index contributed by atoms with van der Waals surface area (Å²) in [4.78, 5) is 15.3. The van der Waals surface area contributed by atoms with Crippen molar-refractivity contribution < 1.29 is 13.2 Å². The van der Waals surface area contributed by atoms with Crippen LogP contribution in [0.4, 0.5) is 0 Å². The third-order valence-electron chi connectivity index (χ3n) is 7.02. The van der Waals surface area contributed by atoms with Crippen LogP contribution in [0, 0.1) is 0 Å². The number of amides is 1. The quantitative estimate of drug-likeness (QED) is 0.704. The summed E-state index contributed by atoms with van der Waals surface area (Å²) in [7, 11) is -3.47. The predicted octanol–water partition coefficient (Wildman–Crippen LogP) is 2.81. The second-order valence-electron chi connectivity index (χ2n) is 9.16. The molecule has 172 valence electrons. The van der Waals surface area contributed by atoms with E-state index in [-0.39, 0.29) is 16.7 Å². The number of benzene rings is 1. The Balaban J connectivity index is 1.30. The van der Waals surface area contributed by atoms with Crippen molar-refractivity contribution in [2.24, 2.45) is 0 Å². The molecule has 0 spiro atoms. The molecule has 5 rings (SSSR count). The van der Waals surface area contributed by atoms with Crippen LogP contribution in [0.5, 0.6) is 0 Å². The maximum atomic E-state index is 13.2. The van der Waals surface area contributed by atoms with E-state index in [1.807, 2.05) is 4.90 Å². The minimum absolute atomic E-state index is 0.0459. The highest BCUT2D eigenvalue weighted by atomic mass is 32.2. The Morgan fingerprint density at radius 1 is 0.875 bits per heavy atom. The number of aryl methyl sites for hydroxylation is 1. The number of likely N-dealkylation sites (tertiary alicyclic amines) is 1. The fourth-order valence-corrected chi connectivity index (χ4v) is 6.73. The van der Waals surface area contributed by atoms with E-state index < -0.39 is 10.0 Å². The molecule has 1 aromatic carbocycles. The summed E-state index contributed by atoms with van der Waals surface area (Å²) in [6.45, 7) is 3.46. The van der Waals surface area contributed by atoms with Crippen LogP contribution in [0.25, 0.3) is 0 Å². The third-order valence-corrected chi connectivity index (χ3v) is 8.93. The van der Waals surface area contributed by atoms with Crippen LogP contribution in [0.3, 0.4) is 0 Å². The number of piperidine rings is 1. The van der Waals surface area contributed by atoms with Gasteiger partial charge in [-0.3, -0.25) is 4.79 Å². The van der Waals surface area contributed by atoms with Crippen molar-refractivity contribution in [3.8, 4) is 0 Å². The standard InChI is InChI=1S/C23H31N5O3S/c29-23(18-9-11-20(12-10-18)32(30,31)27-14-4-5-15-27)26-13-6-7-19(17-26)22-25-24-21-8-2-1-3-16-28(21)22/h9-12,19H,1-8,13-17H2/t19-/m1/s1. The molecule has 0 saturated carbocycles. The van der Waals surface area contributed by atoms with Gasteiger partial charge in [0.1, 0.15) is 11.6 Å². The van der Waals surface area contributed by atoms with Crippen molar-refractivity contribution >= 4 is 15.9 Å². The molecular weight excluding hydrogens is 426 g/mol. The van der Waals surface area contributed by atoms with E-state index in [2.05, 4.69) is 14.8 Å². The number of rotatable bonds is 4. The lowest BCUT2D eigenvalue weighted by Crippen LogP contribution is -2.39. The van der Waals surface area contributed by atoms with Crippen LogP contribution >= 0.6 is 0 Å². The molecule has 1 aromatic heterocycles. The van der Waals surface area contributed by atoms with Crippen LogP contribution in [0.1, 0.15) is 72.9 Å². The topological polar surface area (TPSA) is 88.4 Å². The summed E-state index contributed by atoms with van der Waals surface area (Å²) in [5.41, 5.74) is 0.533. The first kappa shape index (κ1) is 21.6. The van der Waals surface area contributed by atoms with Crippen LogP contribution in [0.2, 0.25) is 0 Å². The molecule has 4 heterocycles. The van der Waals surface area contributed by atoms with Gasteiger partial charge in [-0.05, 0) is 62.8 Å². The molecule has 0 radical (unpaired) electrons. The summed E-state index contributed by atoms with van der Waals surface area (Å²) in [5.74, 6) is 2.25. The number of nitrogens with zero attached hydrogens (tertiary/aromatic N) is 5. The van der Waals surface area contributed by atoms with Gasteiger partial charge in [-0.15, -0.1) is 10.2 Å². The van der Waals surface area contributed by atoms with E-state index in [1.54, 1.807) is 24.3 Å². The molecule has 0 aliphatic carbocycles. The van der Waals surface area contributed by atoms with Crippen LogP contribution in [-0.4, -0.2) is 64.5 Å². The molecular formula is C23H31N5O3S. The average Bonchev–Trinajstić information content (AvgIpc) is 3.45. The molecule has 2 fully saturated rings. The van der Waals surface area contributed by atoms with Gasteiger partial charge in [0.15, 0.2) is 0 Å². The van der Waals surface area contributed by atoms with Gasteiger partial charge in [-0.1, -0.05) is 6.42 Å². The number of carbonyl (C=O) groups excluding carboxylic acids is 1. The van der Waals surface area contributed by atoms with Gasteiger partial charge in [-0.2, -0.15) is 4.31 Å². The van der Waals surface area contributed by atoms with E-state index in [0.29, 0.717) is 31.7 Å². The van der Waals surface area contributed by atoms with Crippen molar-refractivity contribution in [2.75, 3.05) is 26.2 Å². The molecule has 2 saturated heterocycles. The average molecular weight is 458 g/mol. The van der Waals surface area contributed by atoms with E-state index in [9.17, 15) is 13.2 Å². The molecule has 1 amide bonds. The molecule has 0 N–H and O–H groups in total. The Bertz CT molecular complexity index is 1070. The molecule has 3 aliphatic heterocycles. The predicted molar refractivity (Wildman–Crippen MR) is 120 cm³/mol. The first-order valence-corrected chi connectivity index (χ1v) is 13.3. The number of carbonyl (C=O) groups is 1. The maximum Gasteiger partial charge on any atom is 0.253 e. The van der Waals surface area contributed by atoms with E-state index in [1.165, 1.54) is 10.7 Å². The molecule has 0 unspecified atom stereocenters. The van der Waals surface area contributed by atoms with Crippen LogP contribution in [-0.2, 0) is 23.0 Å². The molecule has 32 heavy (non-hydrogen) atoms. The van der Waals surface area contributed by atoms with Crippen molar-refractivity contribution in [3.05, 3.63) is 41.5 Å². The number of hydrogen-bond acceptors (Lipinski definition) is 5. The highest BCUT2D eigenvalue weighted by Crippen LogP contribution is 2.29. The first-order valence-electron chi connectivity index (χ1n) is 11.9. The van der Waals surface area contributed by atoms with Crippen molar-refractivity contribution in [3.63, 3.8) is 0 Å². The Labute approximate surface area is 189 Å². The van der Waals surface area contributed by atoms with Crippen LogP contribution < -0.4 is 0 Å². The second-order valence-corrected chi connectivity index (χ2v) is 11.1. The minimum Gasteiger partial charge on any atom is -0.338 e. The maximum absolute atomic E-state index is 13.2. The second kappa shape index (κ2) is 8.94. The van der Waals surface area contributed by atoms with Gasteiger partial charge in [0.25, 0.3) is 5.91 Å². The van der Waals surface area contributed by atoms with E-state index in [4.69, 9.17) is 0 Å². The lowest BCUT2D eigenvalue weighted by atomic mass is 9.96. The third kappa shape index (κ3) is 4.08. The van der Waals surface area contributed by atoms with Crippen molar-refractivity contribution in [2.45, 2.75) is 68.7 Å². The number of hydrogen-bond donors (Lipinski definition) is 0. The first-order chi connectivity index (χ1) is 15.5. The summed E-state index contributed by atoms with van der Waals surface area (Å²) in [5, 5.41) is 8.94. The van der Waals surface area contributed by atoms with Crippen molar-refractivity contribution in [1.82, 2.24) is 24.0 Å². The summed E-state index contributed by atoms with van der Waals surface area (Å²) in [6.07, 6.45) is 8.27. The van der Waals surface area contributed by atoms with E-state index >= 15 is 0 Å². The molecule has 0 bridgehead atoms. The highest BCUT2D eigenvalue weighted by molar-refractivity contribution is 7.89. The van der Waals surface area contributed by atoms with Gasteiger partial charge in [0.2, 0.25) is 10.0 Å². The molecule has 8 nitrogen and oxygen atoms in total. The van der Waals surface area contributed by atoms with Gasteiger partial charge in [-0.25, -0.2) is 8.42 Å². The lowest BCUT2D eigenvalue weighted by molar-refractivity contribution is 0.0703. The number of sulfonamides is 1. The smallest absolute Gasteiger partial charge is 0.253 e. The fourth-order valence-electron chi connectivity index (χ4n) is 5.21.